The third-order valence-corrected chi connectivity index (χ3v) is 4.20. The molecule has 9 heteroatoms. The van der Waals surface area contributed by atoms with Gasteiger partial charge in [-0.1, -0.05) is 15.9 Å². The average Bonchev–Trinajstić information content (AvgIpc) is 2.99. The van der Waals surface area contributed by atoms with Gasteiger partial charge in [-0.2, -0.15) is 5.10 Å². The standard InChI is InChI=1S/C16H19BrN4O3S/c1-2-23-15(22)4-3-7-24-13-6-5-12(17)8-11(13)9-19-21-16-20-14(18)10-25-16/h5-6,8-10H,2-4,7,18H2,1H3,(H,20,21). The molecule has 1 aromatic carbocycles. The number of thiazole rings is 1. The molecule has 2 rings (SSSR count). The number of ether oxygens (including phenoxy) is 2. The van der Waals surface area contributed by atoms with Crippen LogP contribution >= 0.6 is 27.3 Å². The molecule has 0 bridgehead atoms. The first-order valence-corrected chi connectivity index (χ1v) is 9.33. The van der Waals surface area contributed by atoms with Gasteiger partial charge in [0, 0.05) is 21.8 Å². The molecule has 2 aromatic rings. The molecular formula is C16H19BrN4O3S. The summed E-state index contributed by atoms with van der Waals surface area (Å²) >= 11 is 4.80. The van der Waals surface area contributed by atoms with Crippen LogP contribution in [0.15, 0.2) is 33.2 Å². The summed E-state index contributed by atoms with van der Waals surface area (Å²) < 4.78 is 11.5. The zero-order valence-electron chi connectivity index (χ0n) is 13.7. The second-order valence-corrected chi connectivity index (χ2v) is 6.66. The maximum atomic E-state index is 11.3. The van der Waals surface area contributed by atoms with Gasteiger partial charge < -0.3 is 15.2 Å². The van der Waals surface area contributed by atoms with Crippen molar-refractivity contribution in [1.29, 1.82) is 0 Å². The number of hydrazone groups is 1. The molecule has 0 unspecified atom stereocenters. The van der Waals surface area contributed by atoms with Crippen molar-refractivity contribution in [1.82, 2.24) is 4.98 Å². The van der Waals surface area contributed by atoms with Gasteiger partial charge in [-0.15, -0.1) is 11.3 Å². The molecule has 0 fully saturated rings. The topological polar surface area (TPSA) is 98.8 Å². The Bertz CT molecular complexity index is 736. The van der Waals surface area contributed by atoms with Gasteiger partial charge in [-0.05, 0) is 31.5 Å². The Balaban J connectivity index is 1.91. The number of benzene rings is 1. The molecule has 0 aliphatic rings. The summed E-state index contributed by atoms with van der Waals surface area (Å²) in [6.45, 7) is 2.60. The number of carbonyl (C=O) groups excluding carboxylic acids is 1. The molecule has 0 saturated carbocycles. The number of hydrogen-bond donors (Lipinski definition) is 2. The minimum Gasteiger partial charge on any atom is -0.493 e. The van der Waals surface area contributed by atoms with E-state index in [0.717, 1.165) is 10.0 Å². The quantitative estimate of drug-likeness (QED) is 0.274. The number of nitrogens with one attached hydrogen (secondary N) is 1. The lowest BCUT2D eigenvalue weighted by Gasteiger charge is -2.09. The monoisotopic (exact) mass is 426 g/mol. The number of hydrogen-bond acceptors (Lipinski definition) is 8. The summed E-state index contributed by atoms with van der Waals surface area (Å²) in [4.78, 5) is 15.4. The van der Waals surface area contributed by atoms with Crippen molar-refractivity contribution in [2.24, 2.45) is 5.10 Å². The van der Waals surface area contributed by atoms with Gasteiger partial charge in [0.1, 0.15) is 11.6 Å². The zero-order valence-corrected chi connectivity index (χ0v) is 16.1. The minimum absolute atomic E-state index is 0.212. The number of nitrogens with two attached hydrogens (primary N) is 1. The molecule has 0 radical (unpaired) electrons. The molecular weight excluding hydrogens is 408 g/mol. The first-order chi connectivity index (χ1) is 12.1. The van der Waals surface area contributed by atoms with E-state index in [0.29, 0.717) is 42.8 Å². The molecule has 25 heavy (non-hydrogen) atoms. The lowest BCUT2D eigenvalue weighted by Crippen LogP contribution is -2.07. The van der Waals surface area contributed by atoms with Crippen molar-refractivity contribution in [3.8, 4) is 5.75 Å². The largest absolute Gasteiger partial charge is 0.493 e. The number of aromatic nitrogens is 1. The molecule has 1 heterocycles. The van der Waals surface area contributed by atoms with E-state index in [1.807, 2.05) is 18.2 Å². The summed E-state index contributed by atoms with van der Waals surface area (Å²) in [7, 11) is 0. The van der Waals surface area contributed by atoms with E-state index in [1.54, 1.807) is 18.5 Å². The molecule has 7 nitrogen and oxygen atoms in total. The molecule has 1 aromatic heterocycles. The van der Waals surface area contributed by atoms with Crippen LogP contribution < -0.4 is 15.9 Å². The van der Waals surface area contributed by atoms with Crippen LogP contribution in [0.5, 0.6) is 5.75 Å². The number of esters is 1. The summed E-state index contributed by atoms with van der Waals surface area (Å²) in [5, 5.41) is 6.49. The summed E-state index contributed by atoms with van der Waals surface area (Å²) in [6.07, 6.45) is 2.56. The van der Waals surface area contributed by atoms with Gasteiger partial charge in [0.25, 0.3) is 0 Å². The van der Waals surface area contributed by atoms with Crippen LogP contribution in [0.4, 0.5) is 10.9 Å². The second-order valence-electron chi connectivity index (χ2n) is 4.89. The van der Waals surface area contributed by atoms with E-state index < -0.39 is 0 Å². The van der Waals surface area contributed by atoms with Gasteiger partial charge in [-0.25, -0.2) is 4.98 Å². The van der Waals surface area contributed by atoms with Gasteiger partial charge in [0.15, 0.2) is 0 Å². The Kier molecular flexibility index (Phi) is 7.68. The normalized spacial score (nSPS) is 10.8. The highest BCUT2D eigenvalue weighted by molar-refractivity contribution is 9.10. The molecule has 0 aliphatic carbocycles. The first kappa shape index (κ1) is 19.2. The molecule has 0 spiro atoms. The third-order valence-electron chi connectivity index (χ3n) is 2.95. The Morgan fingerprint density at radius 2 is 2.36 bits per heavy atom. The van der Waals surface area contributed by atoms with Crippen molar-refractivity contribution in [2.45, 2.75) is 19.8 Å². The van der Waals surface area contributed by atoms with Gasteiger partial charge >= 0.3 is 5.97 Å². The lowest BCUT2D eigenvalue weighted by molar-refractivity contribution is -0.143. The summed E-state index contributed by atoms with van der Waals surface area (Å²) in [5.74, 6) is 0.919. The van der Waals surface area contributed by atoms with E-state index in [1.165, 1.54) is 11.3 Å². The number of anilines is 2. The maximum Gasteiger partial charge on any atom is 0.305 e. The second kappa shape index (κ2) is 10.00. The Labute approximate surface area is 158 Å². The predicted octanol–water partition coefficient (Wildman–Crippen LogP) is 3.66. The number of halogens is 1. The number of nitrogens with zero attached hydrogens (tertiary/aromatic N) is 2. The average molecular weight is 427 g/mol. The highest BCUT2D eigenvalue weighted by Crippen LogP contribution is 2.22. The van der Waals surface area contributed by atoms with Crippen LogP contribution in [0.2, 0.25) is 0 Å². The van der Waals surface area contributed by atoms with E-state index in [2.05, 4.69) is 31.4 Å². The molecule has 3 N–H and O–H groups in total. The summed E-state index contributed by atoms with van der Waals surface area (Å²) in [6, 6.07) is 5.62. The van der Waals surface area contributed by atoms with Crippen LogP contribution in [0, 0.1) is 0 Å². The molecule has 0 atom stereocenters. The first-order valence-electron chi connectivity index (χ1n) is 7.66. The highest BCUT2D eigenvalue weighted by atomic mass is 79.9. The Morgan fingerprint density at radius 1 is 1.52 bits per heavy atom. The van der Waals surface area contributed by atoms with Gasteiger partial charge in [0.05, 0.1) is 19.4 Å². The fourth-order valence-electron chi connectivity index (χ4n) is 1.88. The van der Waals surface area contributed by atoms with Crippen molar-refractivity contribution in [3.05, 3.63) is 33.6 Å². The summed E-state index contributed by atoms with van der Waals surface area (Å²) in [5.41, 5.74) is 9.18. The molecule has 134 valence electrons. The fraction of sp³-hybridized carbons (Fsp3) is 0.312. The highest BCUT2D eigenvalue weighted by Gasteiger charge is 2.05. The van der Waals surface area contributed by atoms with E-state index in [9.17, 15) is 4.79 Å². The van der Waals surface area contributed by atoms with Crippen LogP contribution in [-0.2, 0) is 9.53 Å². The van der Waals surface area contributed by atoms with Crippen molar-refractivity contribution >= 4 is 50.4 Å². The Morgan fingerprint density at radius 3 is 3.08 bits per heavy atom. The lowest BCUT2D eigenvalue weighted by atomic mass is 10.2. The smallest absolute Gasteiger partial charge is 0.305 e. The van der Waals surface area contributed by atoms with Gasteiger partial charge in [0.2, 0.25) is 5.13 Å². The van der Waals surface area contributed by atoms with Gasteiger partial charge in [-0.3, -0.25) is 10.2 Å². The minimum atomic E-state index is -0.212. The maximum absolute atomic E-state index is 11.3. The van der Waals surface area contributed by atoms with Crippen LogP contribution in [-0.4, -0.2) is 30.4 Å². The third kappa shape index (κ3) is 6.71. The number of carbonyl (C=O) groups is 1. The van der Waals surface area contributed by atoms with Crippen molar-refractivity contribution < 1.29 is 14.3 Å². The fourth-order valence-corrected chi connectivity index (χ4v) is 2.81. The molecule has 0 saturated heterocycles. The van der Waals surface area contributed by atoms with E-state index in [4.69, 9.17) is 15.2 Å². The number of rotatable bonds is 9. The SMILES string of the molecule is CCOC(=O)CCCOc1ccc(Br)cc1C=NNc1nc(N)cs1. The van der Waals surface area contributed by atoms with Crippen molar-refractivity contribution in [2.75, 3.05) is 24.4 Å². The van der Waals surface area contributed by atoms with Crippen molar-refractivity contribution in [3.63, 3.8) is 0 Å². The van der Waals surface area contributed by atoms with Crippen LogP contribution in [0.1, 0.15) is 25.3 Å². The molecule has 0 amide bonds. The van der Waals surface area contributed by atoms with E-state index in [-0.39, 0.29) is 5.97 Å². The van der Waals surface area contributed by atoms with E-state index >= 15 is 0 Å². The predicted molar refractivity (Wildman–Crippen MR) is 103 cm³/mol. The Hall–Kier alpha value is -2.13. The number of nitrogen functional groups attached to an aromatic ring is 1. The van der Waals surface area contributed by atoms with Crippen LogP contribution in [0.25, 0.3) is 0 Å². The molecule has 0 aliphatic heterocycles. The van der Waals surface area contributed by atoms with Crippen LogP contribution in [0.3, 0.4) is 0 Å². The zero-order chi connectivity index (χ0) is 18.1.